The first kappa shape index (κ1) is 18.5. The van der Waals surface area contributed by atoms with E-state index in [1.807, 2.05) is 32.0 Å². The molecule has 1 N–H and O–H groups in total. The third-order valence-electron chi connectivity index (χ3n) is 3.67. The number of aliphatic carboxylic acids is 1. The van der Waals surface area contributed by atoms with E-state index < -0.39 is 16.0 Å². The van der Waals surface area contributed by atoms with Crippen LogP contribution in [-0.2, 0) is 27.7 Å². The first-order valence-corrected chi connectivity index (χ1v) is 9.31. The second-order valence-corrected chi connectivity index (χ2v) is 7.28. The number of hydrogen-bond donors (Lipinski definition) is 1. The van der Waals surface area contributed by atoms with E-state index in [1.165, 1.54) is 4.31 Å². The molecule has 0 aliphatic rings. The molecule has 1 aromatic carbocycles. The van der Waals surface area contributed by atoms with E-state index in [2.05, 4.69) is 0 Å². The van der Waals surface area contributed by atoms with Crippen molar-refractivity contribution in [2.45, 2.75) is 46.5 Å². The monoisotopic (exact) mass is 327 g/mol. The van der Waals surface area contributed by atoms with E-state index in [0.29, 0.717) is 6.42 Å². The Hall–Kier alpha value is -1.56. The van der Waals surface area contributed by atoms with Crippen molar-refractivity contribution in [2.24, 2.45) is 0 Å². The number of hydrogen-bond acceptors (Lipinski definition) is 3. The van der Waals surface area contributed by atoms with Gasteiger partial charge in [0.05, 0.1) is 11.4 Å². The Bertz CT molecular complexity index is 588. The number of para-hydroxylation sites is 1. The van der Waals surface area contributed by atoms with Gasteiger partial charge >= 0.3 is 5.97 Å². The van der Waals surface area contributed by atoms with E-state index in [-0.39, 0.29) is 18.7 Å². The maximum atomic E-state index is 12.5. The summed E-state index contributed by atoms with van der Waals surface area (Å²) < 4.78 is 26.4. The lowest BCUT2D eigenvalue weighted by Gasteiger charge is -2.28. The first-order chi connectivity index (χ1) is 10.4. The van der Waals surface area contributed by atoms with Crippen LogP contribution in [0.4, 0.5) is 5.69 Å². The molecule has 0 amide bonds. The second-order valence-electron chi connectivity index (χ2n) is 5.10. The summed E-state index contributed by atoms with van der Waals surface area (Å²) in [7, 11) is -3.44. The van der Waals surface area contributed by atoms with Gasteiger partial charge in [0.1, 0.15) is 0 Å². The molecule has 0 heterocycles. The zero-order chi connectivity index (χ0) is 16.8. The van der Waals surface area contributed by atoms with Gasteiger partial charge in [0, 0.05) is 13.0 Å². The molecule has 6 heteroatoms. The molecule has 0 fully saturated rings. The second kappa shape index (κ2) is 8.17. The number of benzene rings is 1. The zero-order valence-electron chi connectivity index (χ0n) is 13.5. The fourth-order valence-electron chi connectivity index (χ4n) is 2.46. The van der Waals surface area contributed by atoms with Crippen molar-refractivity contribution in [1.29, 1.82) is 0 Å². The van der Waals surface area contributed by atoms with Crippen molar-refractivity contribution >= 4 is 21.7 Å². The molecule has 0 saturated carbocycles. The third kappa shape index (κ3) is 4.47. The van der Waals surface area contributed by atoms with E-state index in [9.17, 15) is 13.2 Å². The molecule has 22 heavy (non-hydrogen) atoms. The van der Waals surface area contributed by atoms with Crippen LogP contribution in [0, 0.1) is 0 Å². The highest BCUT2D eigenvalue weighted by Crippen LogP contribution is 2.29. The van der Waals surface area contributed by atoms with Gasteiger partial charge < -0.3 is 5.11 Å². The smallest absolute Gasteiger partial charge is 0.303 e. The SMILES string of the molecule is CCc1cccc(CC)c1N(CCCC(=O)O)S(=O)(=O)CC. The van der Waals surface area contributed by atoms with Crippen LogP contribution in [0.3, 0.4) is 0 Å². The largest absolute Gasteiger partial charge is 0.481 e. The molecule has 0 spiro atoms. The van der Waals surface area contributed by atoms with Crippen LogP contribution in [0.15, 0.2) is 18.2 Å². The molecule has 0 atom stereocenters. The Balaban J connectivity index is 3.29. The normalized spacial score (nSPS) is 11.4. The summed E-state index contributed by atoms with van der Waals surface area (Å²) in [6.07, 6.45) is 1.73. The Labute approximate surface area is 133 Å². The van der Waals surface area contributed by atoms with Gasteiger partial charge in [-0.2, -0.15) is 0 Å². The highest BCUT2D eigenvalue weighted by Gasteiger charge is 2.24. The summed E-state index contributed by atoms with van der Waals surface area (Å²) in [5.74, 6) is -0.908. The van der Waals surface area contributed by atoms with Crippen molar-refractivity contribution in [3.05, 3.63) is 29.3 Å². The van der Waals surface area contributed by atoms with E-state index >= 15 is 0 Å². The molecule has 1 aromatic rings. The number of sulfonamides is 1. The summed E-state index contributed by atoms with van der Waals surface area (Å²) in [5.41, 5.74) is 2.69. The van der Waals surface area contributed by atoms with Gasteiger partial charge in [-0.05, 0) is 37.3 Å². The van der Waals surface area contributed by atoms with Crippen molar-refractivity contribution in [2.75, 3.05) is 16.6 Å². The van der Waals surface area contributed by atoms with Gasteiger partial charge in [-0.3, -0.25) is 9.10 Å². The maximum absolute atomic E-state index is 12.5. The summed E-state index contributed by atoms with van der Waals surface area (Å²) in [4.78, 5) is 10.7. The predicted molar refractivity (Wildman–Crippen MR) is 88.9 cm³/mol. The van der Waals surface area contributed by atoms with Gasteiger partial charge in [0.25, 0.3) is 0 Å². The molecule has 0 unspecified atom stereocenters. The van der Waals surface area contributed by atoms with Crippen molar-refractivity contribution in [3.8, 4) is 0 Å². The van der Waals surface area contributed by atoms with Crippen LogP contribution in [0.25, 0.3) is 0 Å². The highest BCUT2D eigenvalue weighted by molar-refractivity contribution is 7.92. The van der Waals surface area contributed by atoms with Crippen molar-refractivity contribution in [1.82, 2.24) is 0 Å². The zero-order valence-corrected chi connectivity index (χ0v) is 14.3. The minimum Gasteiger partial charge on any atom is -0.481 e. The standard InChI is InChI=1S/C16H25NO4S/c1-4-13-9-7-10-14(5-2)16(13)17(22(20,21)6-3)12-8-11-15(18)19/h7,9-10H,4-6,8,11-12H2,1-3H3,(H,18,19). The molecule has 1 rings (SSSR count). The lowest BCUT2D eigenvalue weighted by molar-refractivity contribution is -0.137. The Kier molecular flexibility index (Phi) is 6.87. The number of anilines is 1. The molecule has 0 aliphatic heterocycles. The lowest BCUT2D eigenvalue weighted by Crippen LogP contribution is -2.35. The Morgan fingerprint density at radius 3 is 2.09 bits per heavy atom. The van der Waals surface area contributed by atoms with Crippen molar-refractivity contribution in [3.63, 3.8) is 0 Å². The lowest BCUT2D eigenvalue weighted by atomic mass is 10.0. The van der Waals surface area contributed by atoms with Crippen LogP contribution >= 0.6 is 0 Å². The van der Waals surface area contributed by atoms with Crippen molar-refractivity contribution < 1.29 is 18.3 Å². The minimum absolute atomic E-state index is 0.00126. The van der Waals surface area contributed by atoms with Crippen LogP contribution in [0.2, 0.25) is 0 Å². The van der Waals surface area contributed by atoms with Crippen LogP contribution in [-0.4, -0.2) is 31.8 Å². The molecule has 0 aromatic heterocycles. The molecule has 0 radical (unpaired) electrons. The molecule has 0 aliphatic carbocycles. The maximum Gasteiger partial charge on any atom is 0.303 e. The Morgan fingerprint density at radius 1 is 1.14 bits per heavy atom. The quantitative estimate of drug-likeness (QED) is 0.757. The number of rotatable bonds is 9. The number of carbonyl (C=O) groups is 1. The molecule has 124 valence electrons. The van der Waals surface area contributed by atoms with Gasteiger partial charge in [-0.1, -0.05) is 32.0 Å². The van der Waals surface area contributed by atoms with Crippen LogP contribution in [0.1, 0.15) is 44.7 Å². The number of carboxylic acid groups (broad SMARTS) is 1. The number of aryl methyl sites for hydroxylation is 2. The van der Waals surface area contributed by atoms with Gasteiger partial charge in [-0.25, -0.2) is 8.42 Å². The fourth-order valence-corrected chi connectivity index (χ4v) is 3.69. The molecule has 0 saturated heterocycles. The van der Waals surface area contributed by atoms with Crippen LogP contribution in [0.5, 0.6) is 0 Å². The molecule has 5 nitrogen and oxygen atoms in total. The predicted octanol–water partition coefficient (Wildman–Crippen LogP) is 2.83. The van der Waals surface area contributed by atoms with Gasteiger partial charge in [-0.15, -0.1) is 0 Å². The van der Waals surface area contributed by atoms with Gasteiger partial charge in [0.2, 0.25) is 10.0 Å². The van der Waals surface area contributed by atoms with E-state index in [1.54, 1.807) is 6.92 Å². The molecular weight excluding hydrogens is 302 g/mol. The molecule has 0 bridgehead atoms. The summed E-state index contributed by atoms with van der Waals surface area (Å²) >= 11 is 0. The highest BCUT2D eigenvalue weighted by atomic mass is 32.2. The summed E-state index contributed by atoms with van der Waals surface area (Å²) in [6, 6.07) is 5.81. The summed E-state index contributed by atoms with van der Waals surface area (Å²) in [5, 5.41) is 8.79. The third-order valence-corrected chi connectivity index (χ3v) is 5.43. The summed E-state index contributed by atoms with van der Waals surface area (Å²) in [6.45, 7) is 5.80. The minimum atomic E-state index is -3.44. The number of nitrogens with zero attached hydrogens (tertiary/aromatic N) is 1. The van der Waals surface area contributed by atoms with E-state index in [4.69, 9.17) is 5.11 Å². The first-order valence-electron chi connectivity index (χ1n) is 7.70. The number of carboxylic acids is 1. The Morgan fingerprint density at radius 2 is 1.68 bits per heavy atom. The average molecular weight is 327 g/mol. The van der Waals surface area contributed by atoms with Gasteiger partial charge in [0.15, 0.2) is 0 Å². The fraction of sp³-hybridized carbons (Fsp3) is 0.562. The van der Waals surface area contributed by atoms with Crippen LogP contribution < -0.4 is 4.31 Å². The molecular formula is C16H25NO4S. The topological polar surface area (TPSA) is 74.7 Å². The average Bonchev–Trinajstić information content (AvgIpc) is 2.50. The van der Waals surface area contributed by atoms with E-state index in [0.717, 1.165) is 29.7 Å².